The Bertz CT molecular complexity index is 805. The van der Waals surface area contributed by atoms with Crippen molar-refractivity contribution in [2.75, 3.05) is 13.7 Å². The van der Waals surface area contributed by atoms with E-state index in [1.165, 1.54) is 31.4 Å². The number of Topliss-reactive ketones (excluding diaryl/α,β-unsaturated/α-hetero) is 1. The zero-order chi connectivity index (χ0) is 16.6. The van der Waals surface area contributed by atoms with Crippen LogP contribution in [0.5, 0.6) is 28.7 Å². The molecule has 1 aliphatic rings. The van der Waals surface area contributed by atoms with E-state index in [0.29, 0.717) is 11.1 Å². The summed E-state index contributed by atoms with van der Waals surface area (Å²) in [5.74, 6) is -0.353. The van der Waals surface area contributed by atoms with Gasteiger partial charge in [-0.2, -0.15) is 0 Å². The average molecular weight is 314 g/mol. The van der Waals surface area contributed by atoms with Crippen LogP contribution in [0.25, 0.3) is 6.08 Å². The van der Waals surface area contributed by atoms with Crippen LogP contribution in [-0.2, 0) is 0 Å². The molecule has 0 bridgehead atoms. The summed E-state index contributed by atoms with van der Waals surface area (Å²) < 4.78 is 10.7. The zero-order valence-corrected chi connectivity index (χ0v) is 12.2. The van der Waals surface area contributed by atoms with Crippen LogP contribution in [0.4, 0.5) is 0 Å². The van der Waals surface area contributed by atoms with Gasteiger partial charge in [-0.05, 0) is 23.8 Å². The number of carbonyl (C=O) groups is 1. The van der Waals surface area contributed by atoms with Gasteiger partial charge in [0.15, 0.2) is 17.3 Å². The molecular weight excluding hydrogens is 300 g/mol. The van der Waals surface area contributed by atoms with Crippen LogP contribution in [0, 0.1) is 0 Å². The minimum Gasteiger partial charge on any atom is -0.508 e. The van der Waals surface area contributed by atoms with Crippen molar-refractivity contribution >= 4 is 11.9 Å². The highest BCUT2D eigenvalue weighted by Crippen LogP contribution is 2.38. The lowest BCUT2D eigenvalue weighted by molar-refractivity contribution is 0.0997. The Morgan fingerprint density at radius 1 is 1.13 bits per heavy atom. The normalized spacial score (nSPS) is 15.2. The largest absolute Gasteiger partial charge is 0.508 e. The van der Waals surface area contributed by atoms with Gasteiger partial charge in [-0.25, -0.2) is 0 Å². The predicted molar refractivity (Wildman–Crippen MR) is 82.2 cm³/mol. The number of benzene rings is 2. The fraction of sp³-hybridized carbons (Fsp3) is 0.118. The van der Waals surface area contributed by atoms with Crippen molar-refractivity contribution in [2.24, 2.45) is 0 Å². The third-order valence-electron chi connectivity index (χ3n) is 3.51. The topological polar surface area (TPSA) is 96.2 Å². The van der Waals surface area contributed by atoms with E-state index in [1.54, 1.807) is 12.1 Å². The van der Waals surface area contributed by atoms with Crippen LogP contribution in [0.3, 0.4) is 0 Å². The van der Waals surface area contributed by atoms with Crippen LogP contribution in [0.2, 0.25) is 0 Å². The fourth-order valence-electron chi connectivity index (χ4n) is 2.39. The Morgan fingerprint density at radius 2 is 1.91 bits per heavy atom. The molecule has 0 spiro atoms. The Hall–Kier alpha value is -3.15. The molecule has 3 N–H and O–H groups in total. The molecule has 118 valence electrons. The van der Waals surface area contributed by atoms with Crippen molar-refractivity contribution in [2.45, 2.75) is 0 Å². The minimum absolute atomic E-state index is 0.0279. The summed E-state index contributed by atoms with van der Waals surface area (Å²) in [5, 5.41) is 28.5. The molecule has 0 radical (unpaired) electrons. The summed E-state index contributed by atoms with van der Waals surface area (Å²) in [6.07, 6.45) is 1.57. The van der Waals surface area contributed by atoms with Gasteiger partial charge < -0.3 is 24.8 Å². The van der Waals surface area contributed by atoms with E-state index in [-0.39, 0.29) is 46.7 Å². The van der Waals surface area contributed by atoms with E-state index in [2.05, 4.69) is 0 Å². The summed E-state index contributed by atoms with van der Waals surface area (Å²) in [6, 6.07) is 6.95. The van der Waals surface area contributed by atoms with Crippen LogP contribution < -0.4 is 9.47 Å². The molecule has 0 atom stereocenters. The van der Waals surface area contributed by atoms with Crippen molar-refractivity contribution in [3.05, 3.63) is 47.0 Å². The summed E-state index contributed by atoms with van der Waals surface area (Å²) >= 11 is 0. The van der Waals surface area contributed by atoms with Crippen LogP contribution in [0.15, 0.2) is 35.9 Å². The first-order valence-corrected chi connectivity index (χ1v) is 6.80. The van der Waals surface area contributed by atoms with Gasteiger partial charge in [0, 0.05) is 17.7 Å². The first-order chi connectivity index (χ1) is 11.0. The van der Waals surface area contributed by atoms with E-state index in [4.69, 9.17) is 9.47 Å². The summed E-state index contributed by atoms with van der Waals surface area (Å²) in [4.78, 5) is 12.6. The van der Waals surface area contributed by atoms with E-state index in [9.17, 15) is 20.1 Å². The average Bonchev–Trinajstić information content (AvgIpc) is 2.52. The predicted octanol–water partition coefficient (Wildman–Crippen LogP) is 2.47. The molecule has 3 rings (SSSR count). The van der Waals surface area contributed by atoms with Gasteiger partial charge in [-0.1, -0.05) is 6.07 Å². The number of ether oxygens (including phenoxy) is 2. The molecule has 0 saturated carbocycles. The lowest BCUT2D eigenvalue weighted by Gasteiger charge is -2.21. The first-order valence-electron chi connectivity index (χ1n) is 6.80. The minimum atomic E-state index is -0.282. The van der Waals surface area contributed by atoms with Crippen LogP contribution >= 0.6 is 0 Å². The smallest absolute Gasteiger partial charge is 0.199 e. The number of hydrogen-bond donors (Lipinski definition) is 3. The highest BCUT2D eigenvalue weighted by molar-refractivity contribution is 6.15. The Morgan fingerprint density at radius 3 is 2.61 bits per heavy atom. The standard InChI is InChI=1S/C17H14O6/c1-22-14-6-11(18)7-15-16(14)17(21)10(8-23-15)4-9-2-3-12(19)13(20)5-9/h2-7,18-20H,8H2,1H3. The number of phenols is 3. The molecular formula is C17H14O6. The maximum absolute atomic E-state index is 12.6. The molecule has 6 heteroatoms. The van der Waals surface area contributed by atoms with Gasteiger partial charge in [-0.3, -0.25) is 4.79 Å². The van der Waals surface area contributed by atoms with E-state index in [0.717, 1.165) is 0 Å². The number of phenolic OH excluding ortho intramolecular Hbond substituents is 3. The van der Waals surface area contributed by atoms with Crippen molar-refractivity contribution < 1.29 is 29.6 Å². The molecule has 0 saturated heterocycles. The Labute approximate surface area is 131 Å². The quantitative estimate of drug-likeness (QED) is 0.582. The number of rotatable bonds is 2. The molecule has 0 fully saturated rings. The van der Waals surface area contributed by atoms with Crippen LogP contribution in [0.1, 0.15) is 15.9 Å². The zero-order valence-electron chi connectivity index (χ0n) is 12.2. The lowest BCUT2D eigenvalue weighted by Crippen LogP contribution is -2.19. The Kier molecular flexibility index (Phi) is 3.57. The van der Waals surface area contributed by atoms with Gasteiger partial charge in [0.05, 0.1) is 7.11 Å². The highest BCUT2D eigenvalue weighted by atomic mass is 16.5. The van der Waals surface area contributed by atoms with E-state index < -0.39 is 0 Å². The SMILES string of the molecule is COc1cc(O)cc2c1C(=O)C(=Cc1ccc(O)c(O)c1)CO2. The molecule has 2 aromatic carbocycles. The number of aromatic hydroxyl groups is 3. The second kappa shape index (κ2) is 5.57. The maximum Gasteiger partial charge on any atom is 0.199 e. The number of ketones is 1. The van der Waals surface area contributed by atoms with E-state index >= 15 is 0 Å². The first kappa shape index (κ1) is 14.8. The summed E-state index contributed by atoms with van der Waals surface area (Å²) in [7, 11) is 1.40. The van der Waals surface area contributed by atoms with E-state index in [1.807, 2.05) is 0 Å². The molecule has 0 unspecified atom stereocenters. The Balaban J connectivity index is 2.03. The van der Waals surface area contributed by atoms with Crippen molar-refractivity contribution in [3.63, 3.8) is 0 Å². The fourth-order valence-corrected chi connectivity index (χ4v) is 2.39. The monoisotopic (exact) mass is 314 g/mol. The van der Waals surface area contributed by atoms with Gasteiger partial charge in [0.1, 0.15) is 29.4 Å². The molecule has 0 amide bonds. The molecule has 1 heterocycles. The van der Waals surface area contributed by atoms with Gasteiger partial charge in [0.25, 0.3) is 0 Å². The number of methoxy groups -OCH3 is 1. The lowest BCUT2D eigenvalue weighted by atomic mass is 9.97. The number of hydrogen-bond acceptors (Lipinski definition) is 6. The number of carbonyl (C=O) groups excluding carboxylic acids is 1. The summed E-state index contributed by atoms with van der Waals surface area (Å²) in [5.41, 5.74) is 1.16. The third kappa shape index (κ3) is 2.66. The molecule has 1 aliphatic heterocycles. The second-order valence-electron chi connectivity index (χ2n) is 5.06. The van der Waals surface area contributed by atoms with Crippen molar-refractivity contribution in [1.82, 2.24) is 0 Å². The molecule has 0 aliphatic carbocycles. The van der Waals surface area contributed by atoms with Gasteiger partial charge >= 0.3 is 0 Å². The van der Waals surface area contributed by atoms with Gasteiger partial charge in [0.2, 0.25) is 0 Å². The third-order valence-corrected chi connectivity index (χ3v) is 3.51. The number of fused-ring (bicyclic) bond motifs is 1. The second-order valence-corrected chi connectivity index (χ2v) is 5.06. The van der Waals surface area contributed by atoms with Gasteiger partial charge in [-0.15, -0.1) is 0 Å². The maximum atomic E-state index is 12.6. The molecule has 23 heavy (non-hydrogen) atoms. The molecule has 0 aromatic heterocycles. The summed E-state index contributed by atoms with van der Waals surface area (Å²) in [6.45, 7) is 0.0279. The van der Waals surface area contributed by atoms with Crippen LogP contribution in [-0.4, -0.2) is 34.8 Å². The highest BCUT2D eigenvalue weighted by Gasteiger charge is 2.28. The van der Waals surface area contributed by atoms with Crippen molar-refractivity contribution in [1.29, 1.82) is 0 Å². The molecule has 2 aromatic rings. The van der Waals surface area contributed by atoms with Crippen molar-refractivity contribution in [3.8, 4) is 28.7 Å². The molecule has 6 nitrogen and oxygen atoms in total.